The van der Waals surface area contributed by atoms with Crippen LogP contribution in [0.3, 0.4) is 0 Å². The van der Waals surface area contributed by atoms with E-state index in [1.807, 2.05) is 38.0 Å². The molecule has 2 aromatic rings. The Morgan fingerprint density at radius 2 is 1.25 bits per heavy atom. The van der Waals surface area contributed by atoms with Gasteiger partial charge in [-0.2, -0.15) is 0 Å². The molecule has 0 fully saturated rings. The molecular formula is C20H22O8. The molecule has 0 bridgehead atoms. The van der Waals surface area contributed by atoms with Crippen molar-refractivity contribution in [3.63, 3.8) is 0 Å². The fourth-order valence-corrected chi connectivity index (χ4v) is 1.14. The summed E-state index contributed by atoms with van der Waals surface area (Å²) in [4.78, 5) is 36.0. The maximum atomic E-state index is 10.2. The van der Waals surface area contributed by atoms with E-state index in [9.17, 15) is 9.59 Å². The number of rotatable bonds is 4. The molecule has 0 heterocycles. The third-order valence-corrected chi connectivity index (χ3v) is 2.44. The first kappa shape index (κ1) is 26.3. The molecule has 0 atom stereocenters. The quantitative estimate of drug-likeness (QED) is 0.464. The van der Waals surface area contributed by atoms with Gasteiger partial charge in [0.1, 0.15) is 18.3 Å². The minimum absolute atomic E-state index is 0.322. The Kier molecular flexibility index (Phi) is 16.8. The first-order valence-electron chi connectivity index (χ1n) is 7.52. The highest BCUT2D eigenvalue weighted by atomic mass is 17.5. The van der Waals surface area contributed by atoms with E-state index in [1.165, 1.54) is 0 Å². The van der Waals surface area contributed by atoms with Crippen LogP contribution in [0.1, 0.15) is 5.56 Å². The van der Waals surface area contributed by atoms with E-state index in [0.717, 1.165) is 17.7 Å². The number of hydrogen-bond donors (Lipinski definition) is 2. The van der Waals surface area contributed by atoms with Gasteiger partial charge >= 0.3 is 11.9 Å². The molecule has 0 spiro atoms. The summed E-state index contributed by atoms with van der Waals surface area (Å²) in [5.41, 5.74) is 0.924. The fraction of sp³-hybridized carbons (Fsp3) is 0.0500. The van der Waals surface area contributed by atoms with Crippen LogP contribution >= 0.6 is 0 Å². The smallest absolute Gasteiger partial charge is 0.369 e. The Hall–Kier alpha value is -3.91. The first-order valence-corrected chi connectivity index (χ1v) is 7.52. The molecule has 0 radical (unpaired) electrons. The molecule has 8 nitrogen and oxygen atoms in total. The Morgan fingerprint density at radius 1 is 0.821 bits per heavy atom. The SMILES string of the molecule is C=CC(=O)OOOC(=O)C=C.C=O.Cc1ccccc1O.Oc1ccccc1. The van der Waals surface area contributed by atoms with Crippen LogP contribution in [0.25, 0.3) is 0 Å². The van der Waals surface area contributed by atoms with Gasteiger partial charge in [0.2, 0.25) is 0 Å². The molecule has 0 aliphatic heterocycles. The van der Waals surface area contributed by atoms with Gasteiger partial charge in [0.15, 0.2) is 0 Å². The molecule has 0 unspecified atom stereocenters. The normalized spacial score (nSPS) is 8.04. The zero-order valence-electron chi connectivity index (χ0n) is 15.3. The van der Waals surface area contributed by atoms with Crippen molar-refractivity contribution in [2.45, 2.75) is 6.92 Å². The number of phenolic OH excluding ortho intramolecular Hbond substituents is 2. The molecular weight excluding hydrogens is 368 g/mol. The van der Waals surface area contributed by atoms with Crippen LogP contribution in [0.5, 0.6) is 11.5 Å². The van der Waals surface area contributed by atoms with Gasteiger partial charge in [-0.1, -0.05) is 49.6 Å². The number of carbonyl (C=O) groups is 3. The molecule has 0 aliphatic carbocycles. The maximum Gasteiger partial charge on any atom is 0.369 e. The third kappa shape index (κ3) is 15.6. The first-order chi connectivity index (χ1) is 13.4. The predicted octanol–water partition coefficient (Wildman–Crippen LogP) is 3.20. The zero-order chi connectivity index (χ0) is 21.8. The lowest BCUT2D eigenvalue weighted by Crippen LogP contribution is -2.06. The van der Waals surface area contributed by atoms with Crippen LogP contribution in [0.15, 0.2) is 79.9 Å². The minimum Gasteiger partial charge on any atom is -0.508 e. The molecule has 0 aromatic heterocycles. The summed E-state index contributed by atoms with van der Waals surface area (Å²) in [5.74, 6) is -1.03. The van der Waals surface area contributed by atoms with Crippen LogP contribution < -0.4 is 0 Å². The van der Waals surface area contributed by atoms with E-state index in [4.69, 9.17) is 15.0 Å². The van der Waals surface area contributed by atoms with Gasteiger partial charge in [-0.15, -0.1) is 0 Å². The van der Waals surface area contributed by atoms with Crippen molar-refractivity contribution in [2.24, 2.45) is 0 Å². The van der Waals surface area contributed by atoms with Gasteiger partial charge < -0.3 is 15.0 Å². The van der Waals surface area contributed by atoms with Gasteiger partial charge in [-0.25, -0.2) is 9.59 Å². The molecule has 2 rings (SSSR count). The highest BCUT2D eigenvalue weighted by molar-refractivity contribution is 5.81. The van der Waals surface area contributed by atoms with Gasteiger partial charge in [0.25, 0.3) is 0 Å². The second-order valence-corrected chi connectivity index (χ2v) is 4.40. The maximum absolute atomic E-state index is 10.2. The van der Waals surface area contributed by atoms with Gasteiger partial charge in [-0.3, -0.25) is 9.78 Å². The summed E-state index contributed by atoms with van der Waals surface area (Å²) in [6.07, 6.45) is 1.70. The predicted molar refractivity (Wildman–Crippen MR) is 102 cm³/mol. The number of carbonyl (C=O) groups excluding carboxylic acids is 3. The molecule has 0 aliphatic rings. The lowest BCUT2D eigenvalue weighted by Gasteiger charge is -1.95. The van der Waals surface area contributed by atoms with Crippen molar-refractivity contribution in [3.8, 4) is 11.5 Å². The zero-order valence-corrected chi connectivity index (χ0v) is 15.3. The Bertz CT molecular complexity index is 672. The van der Waals surface area contributed by atoms with Crippen molar-refractivity contribution in [2.75, 3.05) is 0 Å². The Balaban J connectivity index is 0. The summed E-state index contributed by atoms with van der Waals surface area (Å²) >= 11 is 0. The number of aromatic hydroxyl groups is 2. The lowest BCUT2D eigenvalue weighted by molar-refractivity contribution is -0.455. The molecule has 150 valence electrons. The van der Waals surface area contributed by atoms with Crippen molar-refractivity contribution < 1.29 is 39.4 Å². The molecule has 2 aromatic carbocycles. The lowest BCUT2D eigenvalue weighted by atomic mass is 10.2. The summed E-state index contributed by atoms with van der Waals surface area (Å²) < 4.78 is 0. The number of phenols is 2. The highest BCUT2D eigenvalue weighted by Gasteiger charge is 2.00. The minimum atomic E-state index is -0.859. The van der Waals surface area contributed by atoms with Crippen molar-refractivity contribution >= 4 is 18.7 Å². The van der Waals surface area contributed by atoms with E-state index in [-0.39, 0.29) is 0 Å². The molecule has 8 heteroatoms. The van der Waals surface area contributed by atoms with Crippen molar-refractivity contribution in [1.82, 2.24) is 0 Å². The number of para-hydroxylation sites is 2. The van der Waals surface area contributed by atoms with Gasteiger partial charge in [0, 0.05) is 17.2 Å². The third-order valence-electron chi connectivity index (χ3n) is 2.44. The average Bonchev–Trinajstić information content (AvgIpc) is 2.73. The van der Waals surface area contributed by atoms with Crippen LogP contribution in [-0.4, -0.2) is 28.9 Å². The molecule has 0 saturated carbocycles. The van der Waals surface area contributed by atoms with Crippen LogP contribution in [0.2, 0.25) is 0 Å². The molecule has 28 heavy (non-hydrogen) atoms. The number of aryl methyl sites for hydroxylation is 1. The van der Waals surface area contributed by atoms with Gasteiger partial charge in [0.05, 0.1) is 0 Å². The molecule has 2 N–H and O–H groups in total. The fourth-order valence-electron chi connectivity index (χ4n) is 1.14. The van der Waals surface area contributed by atoms with E-state index in [1.54, 1.807) is 30.3 Å². The molecule has 0 saturated heterocycles. The van der Waals surface area contributed by atoms with Crippen LogP contribution in [0.4, 0.5) is 0 Å². The largest absolute Gasteiger partial charge is 0.508 e. The van der Waals surface area contributed by atoms with E-state index in [2.05, 4.69) is 28.0 Å². The van der Waals surface area contributed by atoms with Gasteiger partial charge in [-0.05, 0) is 30.7 Å². The monoisotopic (exact) mass is 390 g/mol. The highest BCUT2D eigenvalue weighted by Crippen LogP contribution is 2.12. The topological polar surface area (TPSA) is 119 Å². The van der Waals surface area contributed by atoms with Crippen LogP contribution in [0, 0.1) is 6.92 Å². The number of benzene rings is 2. The second-order valence-electron chi connectivity index (χ2n) is 4.40. The average molecular weight is 390 g/mol. The Morgan fingerprint density at radius 3 is 1.54 bits per heavy atom. The summed E-state index contributed by atoms with van der Waals surface area (Å²) in [6.45, 7) is 10.00. The standard InChI is InChI=1S/C7H8O.C6H6O5.C6H6O.CH2O/c1-6-4-2-3-5-7(6)8;1-3-5(7)9-11-10-6(8)4-2;7-6-4-2-1-3-5-6;1-2/h2-5,8H,1H3;3-4H,1-2H2;1-5,7H;1H2. The second kappa shape index (κ2) is 17.9. The summed E-state index contributed by atoms with van der Waals surface area (Å²) in [7, 11) is 0. The molecule has 0 amide bonds. The van der Waals surface area contributed by atoms with E-state index < -0.39 is 11.9 Å². The van der Waals surface area contributed by atoms with Crippen molar-refractivity contribution in [3.05, 3.63) is 85.5 Å². The van der Waals surface area contributed by atoms with E-state index >= 15 is 0 Å². The summed E-state index contributed by atoms with van der Waals surface area (Å²) in [5, 5.41) is 21.2. The van der Waals surface area contributed by atoms with Crippen molar-refractivity contribution in [1.29, 1.82) is 0 Å². The van der Waals surface area contributed by atoms with Crippen LogP contribution in [-0.2, 0) is 29.2 Å². The Labute approximate surface area is 162 Å². The number of hydrogen-bond acceptors (Lipinski definition) is 8. The van der Waals surface area contributed by atoms with E-state index in [0.29, 0.717) is 11.5 Å². The summed E-state index contributed by atoms with van der Waals surface area (Å²) in [6, 6.07) is 16.0.